The number of nitriles is 1. The van der Waals surface area contributed by atoms with Gasteiger partial charge in [0.25, 0.3) is 0 Å². The molecule has 0 amide bonds. The first-order chi connectivity index (χ1) is 8.79. The Kier molecular flexibility index (Phi) is 2.39. The maximum absolute atomic E-state index is 8.81. The Morgan fingerprint density at radius 2 is 1.78 bits per heavy atom. The quantitative estimate of drug-likeness (QED) is 0.751. The highest BCUT2D eigenvalue weighted by atomic mass is 15.2. The van der Waals surface area contributed by atoms with E-state index in [1.54, 1.807) is 0 Å². The Bertz CT molecular complexity index is 648. The summed E-state index contributed by atoms with van der Waals surface area (Å²) in [6.45, 7) is 5.00. The van der Waals surface area contributed by atoms with Crippen molar-refractivity contribution in [2.75, 3.05) is 4.90 Å². The van der Waals surface area contributed by atoms with Crippen LogP contribution in [-0.2, 0) is 6.54 Å². The molecule has 0 saturated carbocycles. The second-order valence-electron chi connectivity index (χ2n) is 4.35. The van der Waals surface area contributed by atoms with Crippen LogP contribution in [0.2, 0.25) is 0 Å². The predicted octanol–water partition coefficient (Wildman–Crippen LogP) is 3.55. The molecule has 2 aromatic rings. The minimum Gasteiger partial charge on any atom is -0.337 e. The molecule has 2 aromatic carbocycles. The van der Waals surface area contributed by atoms with E-state index in [1.807, 2.05) is 36.4 Å². The molecule has 0 atom stereocenters. The van der Waals surface area contributed by atoms with Crippen LogP contribution in [0.5, 0.6) is 0 Å². The molecule has 0 N–H and O–H groups in total. The number of hydrogen-bond donors (Lipinski definition) is 0. The standard InChI is InChI=1S/C16H12N2/c1-12-16-5-3-2-4-14(16)11-18(12)15-8-6-13(10-17)7-9-15/h2-9H,1,11H2. The molecule has 0 unspecified atom stereocenters. The average molecular weight is 232 g/mol. The second kappa shape index (κ2) is 4.05. The smallest absolute Gasteiger partial charge is 0.0991 e. The van der Waals surface area contributed by atoms with Gasteiger partial charge in [-0.25, -0.2) is 0 Å². The maximum Gasteiger partial charge on any atom is 0.0991 e. The van der Waals surface area contributed by atoms with Crippen molar-refractivity contribution in [1.29, 1.82) is 5.26 Å². The lowest BCUT2D eigenvalue weighted by Gasteiger charge is -2.19. The average Bonchev–Trinajstić information content (AvgIpc) is 2.77. The van der Waals surface area contributed by atoms with Crippen LogP contribution in [0.1, 0.15) is 16.7 Å². The van der Waals surface area contributed by atoms with Gasteiger partial charge >= 0.3 is 0 Å². The first-order valence-corrected chi connectivity index (χ1v) is 5.84. The van der Waals surface area contributed by atoms with Crippen LogP contribution in [0.15, 0.2) is 55.1 Å². The van der Waals surface area contributed by atoms with Gasteiger partial charge in [-0.1, -0.05) is 30.8 Å². The number of benzene rings is 2. The van der Waals surface area contributed by atoms with E-state index in [1.165, 1.54) is 11.1 Å². The summed E-state index contributed by atoms with van der Waals surface area (Å²) in [5, 5.41) is 8.81. The molecule has 0 bridgehead atoms. The third-order valence-corrected chi connectivity index (χ3v) is 3.29. The Hall–Kier alpha value is -2.53. The molecule has 0 aliphatic carbocycles. The van der Waals surface area contributed by atoms with E-state index in [2.05, 4.69) is 29.7 Å². The molecule has 0 radical (unpaired) electrons. The number of rotatable bonds is 1. The predicted molar refractivity (Wildman–Crippen MR) is 72.8 cm³/mol. The molecule has 1 heterocycles. The highest BCUT2D eigenvalue weighted by Gasteiger charge is 2.22. The zero-order chi connectivity index (χ0) is 12.5. The van der Waals surface area contributed by atoms with Crippen molar-refractivity contribution in [3.8, 4) is 6.07 Å². The minimum atomic E-state index is 0.682. The Morgan fingerprint density at radius 1 is 1.06 bits per heavy atom. The van der Waals surface area contributed by atoms with Gasteiger partial charge in [0.2, 0.25) is 0 Å². The lowest BCUT2D eigenvalue weighted by molar-refractivity contribution is 1.04. The summed E-state index contributed by atoms with van der Waals surface area (Å²) in [7, 11) is 0. The van der Waals surface area contributed by atoms with Crippen molar-refractivity contribution in [1.82, 2.24) is 0 Å². The molecule has 1 aliphatic rings. The van der Waals surface area contributed by atoms with Gasteiger partial charge in [0.05, 0.1) is 11.6 Å². The monoisotopic (exact) mass is 232 g/mol. The van der Waals surface area contributed by atoms with Gasteiger partial charge < -0.3 is 4.90 Å². The summed E-state index contributed by atoms with van der Waals surface area (Å²) in [6.07, 6.45) is 0. The first-order valence-electron chi connectivity index (χ1n) is 5.84. The van der Waals surface area contributed by atoms with E-state index in [4.69, 9.17) is 5.26 Å². The third-order valence-electron chi connectivity index (χ3n) is 3.29. The molecule has 3 rings (SSSR count). The van der Waals surface area contributed by atoms with Crippen molar-refractivity contribution in [2.45, 2.75) is 6.54 Å². The van der Waals surface area contributed by atoms with E-state index in [0.29, 0.717) is 5.56 Å². The number of anilines is 1. The molecule has 0 aromatic heterocycles. The van der Waals surface area contributed by atoms with Crippen molar-refractivity contribution in [2.24, 2.45) is 0 Å². The summed E-state index contributed by atoms with van der Waals surface area (Å²) in [5.74, 6) is 0. The summed E-state index contributed by atoms with van der Waals surface area (Å²) in [6, 6.07) is 18.1. The van der Waals surface area contributed by atoms with Crippen molar-refractivity contribution >= 4 is 11.4 Å². The maximum atomic E-state index is 8.81. The van der Waals surface area contributed by atoms with E-state index in [9.17, 15) is 0 Å². The second-order valence-corrected chi connectivity index (χ2v) is 4.35. The Balaban J connectivity index is 1.96. The lowest BCUT2D eigenvalue weighted by Crippen LogP contribution is -2.12. The van der Waals surface area contributed by atoms with Gasteiger partial charge in [-0.2, -0.15) is 5.26 Å². The SMILES string of the molecule is C=C1c2ccccc2CN1c1ccc(C#N)cc1. The molecular formula is C16H12N2. The van der Waals surface area contributed by atoms with E-state index in [-0.39, 0.29) is 0 Å². The third kappa shape index (κ3) is 1.57. The molecule has 86 valence electrons. The number of nitrogens with zero attached hydrogens (tertiary/aromatic N) is 2. The van der Waals surface area contributed by atoms with Crippen LogP contribution in [0, 0.1) is 11.3 Å². The van der Waals surface area contributed by atoms with Gasteiger partial charge in [-0.3, -0.25) is 0 Å². The molecule has 0 fully saturated rings. The van der Waals surface area contributed by atoms with Crippen molar-refractivity contribution < 1.29 is 0 Å². The summed E-state index contributed by atoms with van der Waals surface area (Å²) in [5.41, 5.74) is 5.29. The van der Waals surface area contributed by atoms with Crippen LogP contribution in [-0.4, -0.2) is 0 Å². The largest absolute Gasteiger partial charge is 0.337 e. The molecule has 2 nitrogen and oxygen atoms in total. The molecule has 0 spiro atoms. The van der Waals surface area contributed by atoms with Crippen LogP contribution in [0.25, 0.3) is 5.70 Å². The van der Waals surface area contributed by atoms with Crippen LogP contribution >= 0.6 is 0 Å². The summed E-state index contributed by atoms with van der Waals surface area (Å²) in [4.78, 5) is 2.17. The minimum absolute atomic E-state index is 0.682. The number of hydrogen-bond acceptors (Lipinski definition) is 2. The highest BCUT2D eigenvalue weighted by Crippen LogP contribution is 2.35. The summed E-state index contributed by atoms with van der Waals surface area (Å²) >= 11 is 0. The van der Waals surface area contributed by atoms with Crippen molar-refractivity contribution in [3.63, 3.8) is 0 Å². The fraction of sp³-hybridized carbons (Fsp3) is 0.0625. The van der Waals surface area contributed by atoms with Crippen LogP contribution in [0.3, 0.4) is 0 Å². The van der Waals surface area contributed by atoms with E-state index < -0.39 is 0 Å². The van der Waals surface area contributed by atoms with Gasteiger partial charge in [0, 0.05) is 23.5 Å². The fourth-order valence-corrected chi connectivity index (χ4v) is 2.31. The van der Waals surface area contributed by atoms with Gasteiger partial charge in [0.15, 0.2) is 0 Å². The topological polar surface area (TPSA) is 27.0 Å². The molecule has 18 heavy (non-hydrogen) atoms. The highest BCUT2D eigenvalue weighted by molar-refractivity contribution is 5.83. The van der Waals surface area contributed by atoms with Gasteiger partial charge in [0.1, 0.15) is 0 Å². The zero-order valence-corrected chi connectivity index (χ0v) is 9.93. The Labute approximate surface area is 106 Å². The molecule has 2 heteroatoms. The van der Waals surface area contributed by atoms with Crippen molar-refractivity contribution in [3.05, 3.63) is 71.8 Å². The first kappa shape index (κ1) is 10.6. The van der Waals surface area contributed by atoms with Crippen LogP contribution in [0.4, 0.5) is 5.69 Å². The molecule has 0 saturated heterocycles. The zero-order valence-electron chi connectivity index (χ0n) is 9.93. The van der Waals surface area contributed by atoms with E-state index >= 15 is 0 Å². The number of fused-ring (bicyclic) bond motifs is 1. The normalized spacial score (nSPS) is 13.3. The van der Waals surface area contributed by atoms with Gasteiger partial charge in [-0.15, -0.1) is 0 Å². The van der Waals surface area contributed by atoms with Crippen LogP contribution < -0.4 is 4.90 Å². The molecule has 1 aliphatic heterocycles. The molecular weight excluding hydrogens is 220 g/mol. The fourth-order valence-electron chi connectivity index (χ4n) is 2.31. The van der Waals surface area contributed by atoms with Gasteiger partial charge in [-0.05, 0) is 29.8 Å². The lowest BCUT2D eigenvalue weighted by atomic mass is 10.1. The van der Waals surface area contributed by atoms with E-state index in [0.717, 1.165) is 17.9 Å². The Morgan fingerprint density at radius 3 is 2.44 bits per heavy atom. The summed E-state index contributed by atoms with van der Waals surface area (Å²) < 4.78 is 0.